The average molecular weight is 271 g/mol. The van der Waals surface area contributed by atoms with Gasteiger partial charge in [0.2, 0.25) is 0 Å². The van der Waals surface area contributed by atoms with Crippen molar-refractivity contribution >= 4 is 11.9 Å². The Balaban J connectivity index is 2.05. The first-order chi connectivity index (χ1) is 9.56. The molecular weight excluding hydrogens is 258 g/mol. The number of hydrogen-bond acceptors (Lipinski definition) is 4. The first-order valence-corrected chi connectivity index (χ1v) is 5.97. The molecule has 102 valence electrons. The Labute approximate surface area is 115 Å². The summed E-state index contributed by atoms with van der Waals surface area (Å²) < 4.78 is 0. The van der Waals surface area contributed by atoms with Crippen molar-refractivity contribution in [3.8, 4) is 0 Å². The molecular formula is C14H13N3O3. The Morgan fingerprint density at radius 3 is 2.50 bits per heavy atom. The summed E-state index contributed by atoms with van der Waals surface area (Å²) >= 11 is 0. The van der Waals surface area contributed by atoms with Crippen LogP contribution in [0.3, 0.4) is 0 Å². The molecule has 0 aliphatic rings. The predicted molar refractivity (Wildman–Crippen MR) is 71.3 cm³/mol. The number of nitrogens with zero attached hydrogens (tertiary/aromatic N) is 2. The third kappa shape index (κ3) is 3.38. The number of pyridine rings is 2. The minimum atomic E-state index is -1.17. The number of carbonyl (C=O) groups is 2. The zero-order valence-electron chi connectivity index (χ0n) is 10.8. The van der Waals surface area contributed by atoms with Crippen molar-refractivity contribution in [2.45, 2.75) is 13.5 Å². The number of rotatable bonds is 4. The van der Waals surface area contributed by atoms with E-state index in [2.05, 4.69) is 15.3 Å². The molecule has 0 atom stereocenters. The summed E-state index contributed by atoms with van der Waals surface area (Å²) in [5.74, 6) is -1.60. The highest BCUT2D eigenvalue weighted by atomic mass is 16.4. The van der Waals surface area contributed by atoms with Crippen LogP contribution in [0.25, 0.3) is 0 Å². The molecule has 2 rings (SSSR count). The van der Waals surface area contributed by atoms with Crippen molar-refractivity contribution in [3.63, 3.8) is 0 Å². The van der Waals surface area contributed by atoms with Crippen molar-refractivity contribution in [1.29, 1.82) is 0 Å². The predicted octanol–water partition coefficient (Wildman–Crippen LogP) is 1.41. The Morgan fingerprint density at radius 2 is 1.80 bits per heavy atom. The number of aromatic carboxylic acids is 1. The molecule has 0 saturated carbocycles. The highest BCUT2D eigenvalue weighted by Crippen LogP contribution is 2.01. The number of aryl methyl sites for hydroxylation is 1. The van der Waals surface area contributed by atoms with Crippen LogP contribution in [-0.2, 0) is 6.54 Å². The lowest BCUT2D eigenvalue weighted by atomic mass is 10.2. The summed E-state index contributed by atoms with van der Waals surface area (Å²) in [5, 5.41) is 11.5. The molecule has 6 nitrogen and oxygen atoms in total. The van der Waals surface area contributed by atoms with Gasteiger partial charge in [0.15, 0.2) is 0 Å². The monoisotopic (exact) mass is 271 g/mol. The summed E-state index contributed by atoms with van der Waals surface area (Å²) in [6.07, 6.45) is 0. The normalized spacial score (nSPS) is 10.1. The maximum absolute atomic E-state index is 11.9. The van der Waals surface area contributed by atoms with E-state index >= 15 is 0 Å². The molecule has 2 heterocycles. The smallest absolute Gasteiger partial charge is 0.354 e. The topological polar surface area (TPSA) is 92.2 Å². The van der Waals surface area contributed by atoms with Crippen LogP contribution < -0.4 is 5.32 Å². The molecule has 1 amide bonds. The Bertz CT molecular complexity index is 656. The van der Waals surface area contributed by atoms with Gasteiger partial charge in [0.05, 0.1) is 12.2 Å². The molecule has 0 unspecified atom stereocenters. The van der Waals surface area contributed by atoms with E-state index in [1.54, 1.807) is 6.07 Å². The van der Waals surface area contributed by atoms with Gasteiger partial charge in [-0.3, -0.25) is 9.78 Å². The number of carboxylic acids is 1. The van der Waals surface area contributed by atoms with Crippen LogP contribution in [0.4, 0.5) is 0 Å². The lowest BCUT2D eigenvalue weighted by molar-refractivity contribution is 0.0690. The Morgan fingerprint density at radius 1 is 1.10 bits per heavy atom. The first-order valence-electron chi connectivity index (χ1n) is 5.97. The van der Waals surface area contributed by atoms with Crippen molar-refractivity contribution in [1.82, 2.24) is 15.3 Å². The van der Waals surface area contributed by atoms with Crippen LogP contribution in [0, 0.1) is 6.92 Å². The molecule has 0 aromatic carbocycles. The van der Waals surface area contributed by atoms with Crippen LogP contribution >= 0.6 is 0 Å². The summed E-state index contributed by atoms with van der Waals surface area (Å²) in [4.78, 5) is 30.7. The Kier molecular flexibility index (Phi) is 4.05. The van der Waals surface area contributed by atoms with Gasteiger partial charge in [0.25, 0.3) is 5.91 Å². The fraction of sp³-hybridized carbons (Fsp3) is 0.143. The average Bonchev–Trinajstić information content (AvgIpc) is 2.45. The molecule has 0 radical (unpaired) electrons. The van der Waals surface area contributed by atoms with Gasteiger partial charge in [0, 0.05) is 5.69 Å². The van der Waals surface area contributed by atoms with Gasteiger partial charge in [-0.05, 0) is 31.2 Å². The largest absolute Gasteiger partial charge is 0.477 e. The van der Waals surface area contributed by atoms with E-state index in [4.69, 9.17) is 5.11 Å². The second-order valence-corrected chi connectivity index (χ2v) is 4.17. The van der Waals surface area contributed by atoms with Crippen LogP contribution in [0.5, 0.6) is 0 Å². The van der Waals surface area contributed by atoms with Gasteiger partial charge in [-0.2, -0.15) is 0 Å². The van der Waals surface area contributed by atoms with Gasteiger partial charge in [-0.25, -0.2) is 9.78 Å². The quantitative estimate of drug-likeness (QED) is 0.877. The van der Waals surface area contributed by atoms with Crippen molar-refractivity contribution < 1.29 is 14.7 Å². The number of amides is 1. The fourth-order valence-corrected chi connectivity index (χ4v) is 1.64. The van der Waals surface area contributed by atoms with E-state index in [9.17, 15) is 9.59 Å². The molecule has 0 bridgehead atoms. The van der Waals surface area contributed by atoms with Crippen molar-refractivity contribution in [2.24, 2.45) is 0 Å². The van der Waals surface area contributed by atoms with E-state index in [0.29, 0.717) is 0 Å². The molecule has 0 fully saturated rings. The van der Waals surface area contributed by atoms with Crippen molar-refractivity contribution in [3.05, 3.63) is 59.2 Å². The standard InChI is InChI=1S/C14H13N3O3/c1-9-4-2-5-10(16-9)8-15-13(18)11-6-3-7-12(17-11)14(19)20/h2-7H,8H2,1H3,(H,15,18)(H,19,20). The van der Waals surface area contributed by atoms with Crippen LogP contribution in [-0.4, -0.2) is 27.0 Å². The summed E-state index contributed by atoms with van der Waals surface area (Å²) in [5.41, 5.74) is 1.50. The molecule has 0 saturated heterocycles. The van der Waals surface area contributed by atoms with Gasteiger partial charge in [0.1, 0.15) is 11.4 Å². The van der Waals surface area contributed by atoms with E-state index in [0.717, 1.165) is 11.4 Å². The third-order valence-corrected chi connectivity index (χ3v) is 2.58. The second kappa shape index (κ2) is 5.92. The van der Waals surface area contributed by atoms with Crippen LogP contribution in [0.1, 0.15) is 32.4 Å². The Hall–Kier alpha value is -2.76. The van der Waals surface area contributed by atoms with Gasteiger partial charge in [-0.15, -0.1) is 0 Å². The number of aromatic nitrogens is 2. The highest BCUT2D eigenvalue weighted by Gasteiger charge is 2.11. The second-order valence-electron chi connectivity index (χ2n) is 4.17. The zero-order chi connectivity index (χ0) is 14.5. The van der Waals surface area contributed by atoms with Crippen LogP contribution in [0.2, 0.25) is 0 Å². The van der Waals surface area contributed by atoms with Crippen molar-refractivity contribution in [2.75, 3.05) is 0 Å². The maximum atomic E-state index is 11.9. The maximum Gasteiger partial charge on any atom is 0.354 e. The lowest BCUT2D eigenvalue weighted by Crippen LogP contribution is -2.25. The SMILES string of the molecule is Cc1cccc(CNC(=O)c2cccc(C(=O)O)n2)n1. The summed E-state index contributed by atoms with van der Waals surface area (Å²) in [6, 6.07) is 9.80. The fourth-order valence-electron chi connectivity index (χ4n) is 1.64. The van der Waals surface area contributed by atoms with Crippen LogP contribution in [0.15, 0.2) is 36.4 Å². The summed E-state index contributed by atoms with van der Waals surface area (Å²) in [7, 11) is 0. The molecule has 0 aliphatic carbocycles. The van der Waals surface area contributed by atoms with Gasteiger partial charge in [-0.1, -0.05) is 12.1 Å². The molecule has 0 spiro atoms. The van der Waals surface area contributed by atoms with Gasteiger partial charge < -0.3 is 10.4 Å². The van der Waals surface area contributed by atoms with E-state index in [1.807, 2.05) is 19.1 Å². The molecule has 2 aromatic rings. The molecule has 6 heteroatoms. The molecule has 2 aromatic heterocycles. The van der Waals surface area contributed by atoms with Gasteiger partial charge >= 0.3 is 5.97 Å². The number of hydrogen-bond donors (Lipinski definition) is 2. The lowest BCUT2D eigenvalue weighted by Gasteiger charge is -2.05. The minimum absolute atomic E-state index is 0.0672. The highest BCUT2D eigenvalue weighted by molar-refractivity contribution is 5.94. The zero-order valence-corrected chi connectivity index (χ0v) is 10.8. The number of carbonyl (C=O) groups excluding carboxylic acids is 1. The first kappa shape index (κ1) is 13.7. The summed E-state index contributed by atoms with van der Waals surface area (Å²) in [6.45, 7) is 2.13. The third-order valence-electron chi connectivity index (χ3n) is 2.58. The van der Waals surface area contributed by atoms with E-state index < -0.39 is 11.9 Å². The molecule has 2 N–H and O–H groups in total. The minimum Gasteiger partial charge on any atom is -0.477 e. The molecule has 20 heavy (non-hydrogen) atoms. The number of nitrogens with one attached hydrogen (secondary N) is 1. The van der Waals surface area contributed by atoms with E-state index in [1.165, 1.54) is 18.2 Å². The van der Waals surface area contributed by atoms with E-state index in [-0.39, 0.29) is 17.9 Å². The number of carboxylic acid groups (broad SMARTS) is 1. The molecule has 0 aliphatic heterocycles.